The van der Waals surface area contributed by atoms with Crippen molar-refractivity contribution in [2.24, 2.45) is 5.92 Å². The highest BCUT2D eigenvalue weighted by atomic mass is 35.5. The summed E-state index contributed by atoms with van der Waals surface area (Å²) in [4.78, 5) is 11.4. The van der Waals surface area contributed by atoms with Gasteiger partial charge in [0.1, 0.15) is 0 Å². The molecular formula is C10H11ClN2O. The van der Waals surface area contributed by atoms with E-state index in [4.69, 9.17) is 17.3 Å². The second kappa shape index (κ2) is 3.50. The van der Waals surface area contributed by atoms with Gasteiger partial charge < -0.3 is 11.1 Å². The van der Waals surface area contributed by atoms with Crippen LogP contribution in [-0.4, -0.2) is 5.91 Å². The van der Waals surface area contributed by atoms with Crippen molar-refractivity contribution >= 4 is 28.9 Å². The zero-order chi connectivity index (χ0) is 10.1. The van der Waals surface area contributed by atoms with Crippen molar-refractivity contribution in [1.29, 1.82) is 0 Å². The maximum absolute atomic E-state index is 11.4. The van der Waals surface area contributed by atoms with Gasteiger partial charge in [0.05, 0.1) is 10.7 Å². The van der Waals surface area contributed by atoms with Crippen molar-refractivity contribution in [2.75, 3.05) is 11.1 Å². The van der Waals surface area contributed by atoms with Crippen LogP contribution < -0.4 is 11.1 Å². The van der Waals surface area contributed by atoms with Gasteiger partial charge in [-0.15, -0.1) is 0 Å². The molecule has 3 nitrogen and oxygen atoms in total. The van der Waals surface area contributed by atoms with E-state index in [-0.39, 0.29) is 11.8 Å². The molecule has 4 heteroatoms. The molecule has 2 rings (SSSR count). The predicted molar refractivity (Wildman–Crippen MR) is 57.2 cm³/mol. The summed E-state index contributed by atoms with van der Waals surface area (Å²) in [5.41, 5.74) is 6.80. The van der Waals surface area contributed by atoms with Crippen LogP contribution >= 0.6 is 11.6 Å². The van der Waals surface area contributed by atoms with Gasteiger partial charge in [0.15, 0.2) is 0 Å². The van der Waals surface area contributed by atoms with E-state index in [0.717, 1.165) is 12.8 Å². The smallest absolute Gasteiger partial charge is 0.227 e. The number of halogens is 1. The minimum Gasteiger partial charge on any atom is -0.397 e. The highest BCUT2D eigenvalue weighted by Crippen LogP contribution is 2.31. The summed E-state index contributed by atoms with van der Waals surface area (Å²) in [5.74, 6) is 0.277. The molecule has 3 N–H and O–H groups in total. The fourth-order valence-corrected chi connectivity index (χ4v) is 1.33. The number of hydrogen-bond acceptors (Lipinski definition) is 2. The lowest BCUT2D eigenvalue weighted by molar-refractivity contribution is -0.117. The monoisotopic (exact) mass is 210 g/mol. The number of carbonyl (C=O) groups excluding carboxylic acids is 1. The van der Waals surface area contributed by atoms with Crippen LogP contribution in [0, 0.1) is 5.92 Å². The zero-order valence-electron chi connectivity index (χ0n) is 7.59. The van der Waals surface area contributed by atoms with Crippen LogP contribution in [0.2, 0.25) is 5.02 Å². The molecule has 0 radical (unpaired) electrons. The van der Waals surface area contributed by atoms with E-state index in [0.29, 0.717) is 16.4 Å². The van der Waals surface area contributed by atoms with Crippen LogP contribution in [0.4, 0.5) is 11.4 Å². The Morgan fingerprint density at radius 1 is 1.50 bits per heavy atom. The first-order chi connectivity index (χ1) is 6.66. The molecule has 74 valence electrons. The normalized spacial score (nSPS) is 15.2. The van der Waals surface area contributed by atoms with E-state index in [1.807, 2.05) is 0 Å². The SMILES string of the molecule is Nc1cc(NC(=O)C2CC2)ccc1Cl. The Hall–Kier alpha value is -1.22. The van der Waals surface area contributed by atoms with Crippen LogP contribution in [0.25, 0.3) is 0 Å². The molecule has 1 amide bonds. The van der Waals surface area contributed by atoms with Crippen molar-refractivity contribution in [1.82, 2.24) is 0 Å². The third-order valence-corrected chi connectivity index (χ3v) is 2.56. The second-order valence-electron chi connectivity index (χ2n) is 3.50. The lowest BCUT2D eigenvalue weighted by Crippen LogP contribution is -2.13. The molecule has 1 aromatic rings. The van der Waals surface area contributed by atoms with Crippen LogP contribution in [0.1, 0.15) is 12.8 Å². The van der Waals surface area contributed by atoms with Crippen molar-refractivity contribution in [2.45, 2.75) is 12.8 Å². The molecule has 1 saturated carbocycles. The highest BCUT2D eigenvalue weighted by molar-refractivity contribution is 6.33. The second-order valence-corrected chi connectivity index (χ2v) is 3.91. The molecule has 0 saturated heterocycles. The Labute approximate surface area is 87.2 Å². The Kier molecular flexibility index (Phi) is 2.33. The molecule has 0 aromatic heterocycles. The van der Waals surface area contributed by atoms with Gasteiger partial charge in [-0.05, 0) is 31.0 Å². The number of nitrogen functional groups attached to an aromatic ring is 1. The summed E-state index contributed by atoms with van der Waals surface area (Å²) in [6.45, 7) is 0. The van der Waals surface area contributed by atoms with E-state index in [9.17, 15) is 4.79 Å². The standard InChI is InChI=1S/C10H11ClN2O/c11-8-4-3-7(5-9(8)12)13-10(14)6-1-2-6/h3-6H,1-2,12H2,(H,13,14). The van der Waals surface area contributed by atoms with E-state index < -0.39 is 0 Å². The third kappa shape index (κ3) is 1.99. The minimum atomic E-state index is 0.0757. The molecule has 14 heavy (non-hydrogen) atoms. The van der Waals surface area contributed by atoms with E-state index >= 15 is 0 Å². The Balaban J connectivity index is 2.08. The van der Waals surface area contributed by atoms with Gasteiger partial charge in [-0.1, -0.05) is 11.6 Å². The molecule has 0 spiro atoms. The lowest BCUT2D eigenvalue weighted by Gasteiger charge is -2.05. The number of anilines is 2. The Bertz CT molecular complexity index is 374. The van der Waals surface area contributed by atoms with Gasteiger partial charge in [0.25, 0.3) is 0 Å². The summed E-state index contributed by atoms with van der Waals surface area (Å²) >= 11 is 5.75. The van der Waals surface area contributed by atoms with Crippen molar-refractivity contribution in [3.8, 4) is 0 Å². The van der Waals surface area contributed by atoms with Gasteiger partial charge in [0, 0.05) is 11.6 Å². The van der Waals surface area contributed by atoms with Crippen molar-refractivity contribution in [3.05, 3.63) is 23.2 Å². The van der Waals surface area contributed by atoms with Crippen LogP contribution in [0.5, 0.6) is 0 Å². The van der Waals surface area contributed by atoms with Crippen LogP contribution in [0.15, 0.2) is 18.2 Å². The summed E-state index contributed by atoms with van der Waals surface area (Å²) in [6.07, 6.45) is 1.99. The molecule has 1 aromatic carbocycles. The number of rotatable bonds is 2. The van der Waals surface area contributed by atoms with Gasteiger partial charge in [-0.25, -0.2) is 0 Å². The first kappa shape index (κ1) is 9.34. The molecule has 0 unspecified atom stereocenters. The van der Waals surface area contributed by atoms with Crippen LogP contribution in [-0.2, 0) is 4.79 Å². The van der Waals surface area contributed by atoms with E-state index in [2.05, 4.69) is 5.32 Å². The third-order valence-electron chi connectivity index (χ3n) is 2.21. The lowest BCUT2D eigenvalue weighted by atomic mass is 10.2. The van der Waals surface area contributed by atoms with Gasteiger partial charge in [-0.2, -0.15) is 0 Å². The molecule has 0 aliphatic heterocycles. The number of benzene rings is 1. The van der Waals surface area contributed by atoms with Gasteiger partial charge in [0.2, 0.25) is 5.91 Å². The first-order valence-corrected chi connectivity index (χ1v) is 4.90. The molecule has 0 bridgehead atoms. The average molecular weight is 211 g/mol. The molecule has 1 aliphatic rings. The number of carbonyl (C=O) groups is 1. The zero-order valence-corrected chi connectivity index (χ0v) is 8.34. The summed E-state index contributed by atoms with van der Waals surface area (Å²) in [7, 11) is 0. The van der Waals surface area contributed by atoms with E-state index in [1.165, 1.54) is 0 Å². The molecule has 1 aliphatic carbocycles. The summed E-state index contributed by atoms with van der Waals surface area (Å²) in [6, 6.07) is 5.10. The van der Waals surface area contributed by atoms with Crippen molar-refractivity contribution < 1.29 is 4.79 Å². The number of amides is 1. The molecule has 0 heterocycles. The number of nitrogens with two attached hydrogens (primary N) is 1. The van der Waals surface area contributed by atoms with Gasteiger partial charge in [-0.3, -0.25) is 4.79 Å². The molecule has 0 atom stereocenters. The van der Waals surface area contributed by atoms with Crippen LogP contribution in [0.3, 0.4) is 0 Å². The van der Waals surface area contributed by atoms with Crippen molar-refractivity contribution in [3.63, 3.8) is 0 Å². The fraction of sp³-hybridized carbons (Fsp3) is 0.300. The minimum absolute atomic E-state index is 0.0757. The van der Waals surface area contributed by atoms with E-state index in [1.54, 1.807) is 18.2 Å². The topological polar surface area (TPSA) is 55.1 Å². The highest BCUT2D eigenvalue weighted by Gasteiger charge is 2.29. The largest absolute Gasteiger partial charge is 0.397 e. The Morgan fingerprint density at radius 2 is 2.21 bits per heavy atom. The number of nitrogens with one attached hydrogen (secondary N) is 1. The maximum atomic E-state index is 11.4. The molecular weight excluding hydrogens is 200 g/mol. The predicted octanol–water partition coefficient (Wildman–Crippen LogP) is 2.27. The fourth-order valence-electron chi connectivity index (χ4n) is 1.21. The maximum Gasteiger partial charge on any atom is 0.227 e. The number of hydrogen-bond donors (Lipinski definition) is 2. The average Bonchev–Trinajstić information content (AvgIpc) is 2.94. The summed E-state index contributed by atoms with van der Waals surface area (Å²) < 4.78 is 0. The Morgan fingerprint density at radius 3 is 2.79 bits per heavy atom. The van der Waals surface area contributed by atoms with Gasteiger partial charge >= 0.3 is 0 Å². The first-order valence-electron chi connectivity index (χ1n) is 4.52. The summed E-state index contributed by atoms with van der Waals surface area (Å²) in [5, 5.41) is 3.30. The molecule has 1 fully saturated rings. The quantitative estimate of drug-likeness (QED) is 0.736.